The van der Waals surface area contributed by atoms with Crippen molar-refractivity contribution in [3.8, 4) is 0 Å². The van der Waals surface area contributed by atoms with E-state index in [4.69, 9.17) is 15.9 Å². The summed E-state index contributed by atoms with van der Waals surface area (Å²) in [6.07, 6.45) is -0.772. The van der Waals surface area contributed by atoms with Crippen molar-refractivity contribution in [2.24, 2.45) is 11.7 Å². The molecule has 0 aliphatic carbocycles. The number of carbonyl (C=O) groups is 2. The number of primary amides is 1. The van der Waals surface area contributed by atoms with Crippen molar-refractivity contribution >= 4 is 24.3 Å². The summed E-state index contributed by atoms with van der Waals surface area (Å²) >= 11 is 3.69. The van der Waals surface area contributed by atoms with Crippen LogP contribution in [-0.2, 0) is 9.59 Å². The van der Waals surface area contributed by atoms with Crippen LogP contribution in [0.2, 0.25) is 0 Å². The number of rotatable bonds is 5. The molecule has 0 rings (SSSR count). The van der Waals surface area contributed by atoms with Crippen molar-refractivity contribution in [2.45, 2.75) is 26.4 Å². The molecule has 0 aromatic heterocycles. The smallest absolute Gasteiger partial charge is 0.224 e. The minimum absolute atomic E-state index is 0.0856. The summed E-state index contributed by atoms with van der Waals surface area (Å²) in [6.45, 7) is 3.29. The number of aliphatic hydroxyl groups is 2. The Labute approximate surface area is 95.1 Å². The fourth-order valence-corrected chi connectivity index (χ4v) is 0.549. The second-order valence-electron chi connectivity index (χ2n) is 3.28. The summed E-state index contributed by atoms with van der Waals surface area (Å²) in [6, 6.07) is 0. The van der Waals surface area contributed by atoms with E-state index >= 15 is 0 Å². The van der Waals surface area contributed by atoms with Crippen LogP contribution < -0.4 is 5.73 Å². The molecule has 1 amide bonds. The molecular weight excluding hydrogens is 218 g/mol. The molecule has 5 nitrogen and oxygen atoms in total. The van der Waals surface area contributed by atoms with Gasteiger partial charge in [0, 0.05) is 11.7 Å². The minimum Gasteiger partial charge on any atom is -0.394 e. The molecule has 0 aliphatic rings. The second-order valence-corrected chi connectivity index (χ2v) is 3.65. The highest BCUT2D eigenvalue weighted by Gasteiger charge is 2.09. The maximum absolute atomic E-state index is 10.7. The number of thiol groups is 1. The van der Waals surface area contributed by atoms with Gasteiger partial charge in [-0.05, 0) is 0 Å². The number of aliphatic hydroxyl groups excluding tert-OH is 2. The molecule has 0 radical (unpaired) electrons. The Kier molecular flexibility index (Phi) is 11.2. The van der Waals surface area contributed by atoms with Crippen LogP contribution in [0.4, 0.5) is 0 Å². The number of carbonyl (C=O) groups excluding carboxylic acids is 2. The molecule has 6 heteroatoms. The van der Waals surface area contributed by atoms with Gasteiger partial charge in [0.05, 0.1) is 19.1 Å². The summed E-state index contributed by atoms with van der Waals surface area (Å²) in [5, 5.41) is 16.4. The predicted molar refractivity (Wildman–Crippen MR) is 60.6 cm³/mol. The summed E-state index contributed by atoms with van der Waals surface area (Å²) in [4.78, 5) is 20.8. The quantitative estimate of drug-likeness (QED) is 0.377. The van der Waals surface area contributed by atoms with Gasteiger partial charge in [-0.1, -0.05) is 13.8 Å². The van der Waals surface area contributed by atoms with Crippen LogP contribution in [-0.4, -0.2) is 40.4 Å². The van der Waals surface area contributed by atoms with Gasteiger partial charge in [-0.2, -0.15) is 12.6 Å². The Bertz CT molecular complexity index is 193. The molecule has 0 saturated heterocycles. The first kappa shape index (κ1) is 16.8. The number of hydrogen-bond acceptors (Lipinski definition) is 5. The fourth-order valence-electron chi connectivity index (χ4n) is 0.434. The summed E-state index contributed by atoms with van der Waals surface area (Å²) in [5.41, 5.74) is 4.77. The lowest BCUT2D eigenvalue weighted by Gasteiger charge is -1.98. The van der Waals surface area contributed by atoms with Crippen LogP contribution >= 0.6 is 12.6 Å². The highest BCUT2D eigenvalue weighted by atomic mass is 32.1. The molecule has 1 unspecified atom stereocenters. The average molecular weight is 237 g/mol. The molecule has 0 aromatic carbocycles. The third-order valence-electron chi connectivity index (χ3n) is 1.41. The van der Waals surface area contributed by atoms with E-state index in [0.717, 1.165) is 0 Å². The third kappa shape index (κ3) is 13.4. The second kappa shape index (κ2) is 9.95. The molecule has 0 aromatic rings. The van der Waals surface area contributed by atoms with Crippen molar-refractivity contribution < 1.29 is 19.8 Å². The van der Waals surface area contributed by atoms with Gasteiger partial charge in [-0.15, -0.1) is 0 Å². The van der Waals surface area contributed by atoms with E-state index in [1.165, 1.54) is 0 Å². The fraction of sp³-hybridized carbons (Fsp3) is 0.778. The Balaban J connectivity index is 0. The molecule has 1 atom stereocenters. The van der Waals surface area contributed by atoms with Crippen LogP contribution in [0.15, 0.2) is 0 Å². The minimum atomic E-state index is -0.645. The molecule has 0 bridgehead atoms. The van der Waals surface area contributed by atoms with Crippen LogP contribution in [0.3, 0.4) is 0 Å². The van der Waals surface area contributed by atoms with Gasteiger partial charge in [0.25, 0.3) is 0 Å². The molecule has 0 saturated carbocycles. The van der Waals surface area contributed by atoms with E-state index in [1.54, 1.807) is 13.8 Å². The first-order valence-corrected chi connectivity index (χ1v) is 5.19. The molecule has 0 fully saturated rings. The first-order valence-electron chi connectivity index (χ1n) is 4.55. The average Bonchev–Trinajstić information content (AvgIpc) is 2.16. The van der Waals surface area contributed by atoms with Gasteiger partial charge in [-0.3, -0.25) is 9.59 Å². The van der Waals surface area contributed by atoms with Gasteiger partial charge in [-0.25, -0.2) is 0 Å². The standard InChI is InChI=1S/C6H11NO2.C3H8O2S/c1-4(2)5(8)3-6(7)9;4-1-3(5)2-6/h4H,3H2,1-2H3,(H2,7,9);3-6H,1-2H2. The summed E-state index contributed by atoms with van der Waals surface area (Å²) in [5.74, 6) is -0.398. The number of nitrogens with two attached hydrogens (primary N) is 1. The molecule has 15 heavy (non-hydrogen) atoms. The van der Waals surface area contributed by atoms with E-state index in [9.17, 15) is 9.59 Å². The first-order chi connectivity index (χ1) is 6.84. The Morgan fingerprint density at radius 1 is 1.40 bits per heavy atom. The van der Waals surface area contributed by atoms with E-state index in [2.05, 4.69) is 12.6 Å². The zero-order chi connectivity index (χ0) is 12.4. The van der Waals surface area contributed by atoms with Gasteiger partial charge < -0.3 is 15.9 Å². The maximum atomic E-state index is 10.7. The van der Waals surface area contributed by atoms with Gasteiger partial charge in [0.15, 0.2) is 0 Å². The lowest BCUT2D eigenvalue weighted by Crippen LogP contribution is -2.19. The summed E-state index contributed by atoms with van der Waals surface area (Å²) < 4.78 is 0. The van der Waals surface area contributed by atoms with Crippen molar-refractivity contribution in [1.82, 2.24) is 0 Å². The van der Waals surface area contributed by atoms with E-state index in [-0.39, 0.29) is 24.7 Å². The van der Waals surface area contributed by atoms with Crippen molar-refractivity contribution in [3.63, 3.8) is 0 Å². The topological polar surface area (TPSA) is 101 Å². The largest absolute Gasteiger partial charge is 0.394 e. The molecule has 0 heterocycles. The number of ketones is 1. The molecule has 0 aliphatic heterocycles. The van der Waals surface area contributed by atoms with Crippen molar-refractivity contribution in [3.05, 3.63) is 0 Å². The highest BCUT2D eigenvalue weighted by Crippen LogP contribution is 1.96. The number of amides is 1. The molecule has 0 spiro atoms. The Morgan fingerprint density at radius 2 is 1.87 bits per heavy atom. The van der Waals surface area contributed by atoms with E-state index < -0.39 is 12.0 Å². The zero-order valence-electron chi connectivity index (χ0n) is 9.01. The maximum Gasteiger partial charge on any atom is 0.224 e. The normalized spacial score (nSPS) is 11.6. The molecule has 4 N–H and O–H groups in total. The molecule has 90 valence electrons. The summed E-state index contributed by atoms with van der Waals surface area (Å²) in [7, 11) is 0. The predicted octanol–water partition coefficient (Wildman–Crippen LogP) is -0.644. The van der Waals surface area contributed by atoms with Crippen LogP contribution in [0.1, 0.15) is 20.3 Å². The van der Waals surface area contributed by atoms with Crippen molar-refractivity contribution in [2.75, 3.05) is 12.4 Å². The lowest BCUT2D eigenvalue weighted by atomic mass is 10.1. The number of hydrogen-bond donors (Lipinski definition) is 4. The van der Waals surface area contributed by atoms with Crippen LogP contribution in [0.25, 0.3) is 0 Å². The van der Waals surface area contributed by atoms with Crippen LogP contribution in [0.5, 0.6) is 0 Å². The van der Waals surface area contributed by atoms with Crippen molar-refractivity contribution in [1.29, 1.82) is 0 Å². The molecular formula is C9H19NO4S. The number of Topliss-reactive ketones (excluding diaryl/α,β-unsaturated/α-hetero) is 1. The third-order valence-corrected chi connectivity index (χ3v) is 1.84. The van der Waals surface area contributed by atoms with Gasteiger partial charge >= 0.3 is 0 Å². The Morgan fingerprint density at radius 3 is 1.93 bits per heavy atom. The SMILES string of the molecule is CC(C)C(=O)CC(N)=O.OCC(O)CS. The monoisotopic (exact) mass is 237 g/mol. The Hall–Kier alpha value is -0.590. The zero-order valence-corrected chi connectivity index (χ0v) is 9.91. The van der Waals surface area contributed by atoms with Gasteiger partial charge in [0.1, 0.15) is 5.78 Å². The highest BCUT2D eigenvalue weighted by molar-refractivity contribution is 7.80. The van der Waals surface area contributed by atoms with Gasteiger partial charge in [0.2, 0.25) is 5.91 Å². The lowest BCUT2D eigenvalue weighted by molar-refractivity contribution is -0.128. The van der Waals surface area contributed by atoms with E-state index in [0.29, 0.717) is 5.75 Å². The van der Waals surface area contributed by atoms with Crippen LogP contribution in [0, 0.1) is 5.92 Å². The van der Waals surface area contributed by atoms with E-state index in [1.807, 2.05) is 0 Å².